The lowest BCUT2D eigenvalue weighted by molar-refractivity contribution is 0.270. The summed E-state index contributed by atoms with van der Waals surface area (Å²) in [6.45, 7) is 0.334. The maximum absolute atomic E-state index is 9.17. The fraction of sp³-hybridized carbons (Fsp3) is 0.214. The molecule has 0 unspecified atom stereocenters. The van der Waals surface area contributed by atoms with Crippen molar-refractivity contribution in [3.05, 3.63) is 47.2 Å². The van der Waals surface area contributed by atoms with E-state index >= 15 is 0 Å². The second kappa shape index (κ2) is 5.52. The number of fused-ring (bicyclic) bond motifs is 1. The third-order valence-corrected chi connectivity index (χ3v) is 3.70. The van der Waals surface area contributed by atoms with E-state index in [1.54, 1.807) is 36.6 Å². The first-order chi connectivity index (χ1) is 9.80. The molecule has 6 heteroatoms. The molecule has 3 rings (SSSR count). The molecule has 1 N–H and O–H groups in total. The van der Waals surface area contributed by atoms with Crippen molar-refractivity contribution < 1.29 is 14.6 Å². The molecule has 0 atom stereocenters. The van der Waals surface area contributed by atoms with Crippen LogP contribution in [-0.2, 0) is 13.2 Å². The summed E-state index contributed by atoms with van der Waals surface area (Å²) in [5.41, 5.74) is 1.64. The zero-order valence-corrected chi connectivity index (χ0v) is 11.8. The standard InChI is InChI=1S/C14H14N2O3S/c1-18-12-3-2-10(8-17)6-13(12)19-9-11-7-16-4-5-20-14(16)15-11/h2-7,17H,8-9H2,1H3. The van der Waals surface area contributed by atoms with Crippen molar-refractivity contribution in [3.63, 3.8) is 0 Å². The SMILES string of the molecule is COc1ccc(CO)cc1OCc1cn2ccsc2n1. The summed E-state index contributed by atoms with van der Waals surface area (Å²) < 4.78 is 13.0. The van der Waals surface area contributed by atoms with Gasteiger partial charge in [0.05, 0.1) is 19.4 Å². The highest BCUT2D eigenvalue weighted by Gasteiger charge is 2.08. The highest BCUT2D eigenvalue weighted by Crippen LogP contribution is 2.29. The van der Waals surface area contributed by atoms with Gasteiger partial charge in [-0.05, 0) is 17.7 Å². The van der Waals surface area contributed by atoms with E-state index in [1.807, 2.05) is 22.2 Å². The first kappa shape index (κ1) is 13.0. The van der Waals surface area contributed by atoms with Crippen molar-refractivity contribution >= 4 is 16.3 Å². The second-order valence-corrected chi connectivity index (χ2v) is 5.13. The molecule has 0 radical (unpaired) electrons. The molecule has 3 aromatic rings. The Labute approximate surface area is 120 Å². The van der Waals surface area contributed by atoms with Crippen LogP contribution >= 0.6 is 11.3 Å². The number of aliphatic hydroxyl groups excluding tert-OH is 1. The van der Waals surface area contributed by atoms with Gasteiger partial charge in [-0.3, -0.25) is 4.40 Å². The van der Waals surface area contributed by atoms with E-state index in [9.17, 15) is 0 Å². The zero-order chi connectivity index (χ0) is 13.9. The number of ether oxygens (including phenoxy) is 2. The van der Waals surface area contributed by atoms with Crippen molar-refractivity contribution in [1.82, 2.24) is 9.38 Å². The summed E-state index contributed by atoms with van der Waals surface area (Å²) in [5, 5.41) is 11.2. The van der Waals surface area contributed by atoms with Gasteiger partial charge in [-0.2, -0.15) is 0 Å². The molecule has 2 heterocycles. The van der Waals surface area contributed by atoms with Crippen LogP contribution in [0.2, 0.25) is 0 Å². The summed E-state index contributed by atoms with van der Waals surface area (Å²) in [6.07, 6.45) is 3.90. The smallest absolute Gasteiger partial charge is 0.193 e. The maximum atomic E-state index is 9.17. The number of methoxy groups -OCH3 is 1. The van der Waals surface area contributed by atoms with Crippen molar-refractivity contribution in [2.24, 2.45) is 0 Å². The minimum atomic E-state index is -0.0272. The number of hydrogen-bond acceptors (Lipinski definition) is 5. The molecule has 0 saturated heterocycles. The Bertz CT molecular complexity index is 692. The highest BCUT2D eigenvalue weighted by molar-refractivity contribution is 7.15. The van der Waals surface area contributed by atoms with Crippen LogP contribution in [0, 0.1) is 0 Å². The van der Waals surface area contributed by atoms with Gasteiger partial charge in [-0.15, -0.1) is 11.3 Å². The van der Waals surface area contributed by atoms with Crippen LogP contribution in [0.5, 0.6) is 11.5 Å². The number of hydrogen-bond donors (Lipinski definition) is 1. The molecule has 0 aliphatic carbocycles. The first-order valence-electron chi connectivity index (χ1n) is 6.12. The van der Waals surface area contributed by atoms with E-state index in [-0.39, 0.29) is 6.61 Å². The van der Waals surface area contributed by atoms with Crippen molar-refractivity contribution in [2.45, 2.75) is 13.2 Å². The van der Waals surface area contributed by atoms with Crippen LogP contribution in [0.3, 0.4) is 0 Å². The molecule has 0 spiro atoms. The fourth-order valence-corrected chi connectivity index (χ4v) is 2.65. The molecule has 0 amide bonds. The Morgan fingerprint density at radius 2 is 2.25 bits per heavy atom. The number of aromatic nitrogens is 2. The summed E-state index contributed by atoms with van der Waals surface area (Å²) in [4.78, 5) is 5.40. The van der Waals surface area contributed by atoms with Gasteiger partial charge in [0.2, 0.25) is 0 Å². The largest absolute Gasteiger partial charge is 0.493 e. The van der Waals surface area contributed by atoms with E-state index in [0.717, 1.165) is 16.2 Å². The van der Waals surface area contributed by atoms with Crippen LogP contribution in [0.1, 0.15) is 11.3 Å². The first-order valence-corrected chi connectivity index (χ1v) is 7.00. The van der Waals surface area contributed by atoms with Crippen molar-refractivity contribution in [1.29, 1.82) is 0 Å². The summed E-state index contributed by atoms with van der Waals surface area (Å²) >= 11 is 1.58. The van der Waals surface area contributed by atoms with Crippen LogP contribution in [0.25, 0.3) is 4.96 Å². The molecular formula is C14H14N2O3S. The predicted octanol–water partition coefficient (Wildman–Crippen LogP) is 2.48. The number of rotatable bonds is 5. The minimum Gasteiger partial charge on any atom is -0.493 e. The molecule has 1 aromatic carbocycles. The second-order valence-electron chi connectivity index (χ2n) is 4.26. The fourth-order valence-electron chi connectivity index (χ4n) is 1.93. The number of benzene rings is 1. The number of imidazole rings is 1. The Morgan fingerprint density at radius 1 is 1.35 bits per heavy atom. The van der Waals surface area contributed by atoms with E-state index < -0.39 is 0 Å². The summed E-state index contributed by atoms with van der Waals surface area (Å²) in [5.74, 6) is 1.25. The number of aliphatic hydroxyl groups is 1. The molecular weight excluding hydrogens is 276 g/mol. The average Bonchev–Trinajstić information content (AvgIpc) is 3.05. The average molecular weight is 290 g/mol. The lowest BCUT2D eigenvalue weighted by Gasteiger charge is -2.10. The Kier molecular flexibility index (Phi) is 3.58. The quantitative estimate of drug-likeness (QED) is 0.784. The van der Waals surface area contributed by atoms with E-state index in [2.05, 4.69) is 4.98 Å². The van der Waals surface area contributed by atoms with Crippen LogP contribution in [0.4, 0.5) is 0 Å². The molecule has 2 aromatic heterocycles. The molecule has 104 valence electrons. The summed E-state index contributed by atoms with van der Waals surface area (Å²) in [6, 6.07) is 5.36. The van der Waals surface area contributed by atoms with Crippen LogP contribution in [0.15, 0.2) is 36.0 Å². The Hall–Kier alpha value is -2.05. The lowest BCUT2D eigenvalue weighted by atomic mass is 10.2. The third kappa shape index (κ3) is 2.48. The maximum Gasteiger partial charge on any atom is 0.193 e. The normalized spacial score (nSPS) is 10.9. The zero-order valence-electron chi connectivity index (χ0n) is 10.9. The predicted molar refractivity (Wildman–Crippen MR) is 76.3 cm³/mol. The topological polar surface area (TPSA) is 56.0 Å². The van der Waals surface area contributed by atoms with Crippen LogP contribution < -0.4 is 9.47 Å². The van der Waals surface area contributed by atoms with Gasteiger partial charge in [0, 0.05) is 17.8 Å². The molecule has 0 aliphatic rings. The molecule has 0 bridgehead atoms. The Balaban J connectivity index is 1.78. The van der Waals surface area contributed by atoms with Crippen molar-refractivity contribution in [3.8, 4) is 11.5 Å². The monoisotopic (exact) mass is 290 g/mol. The minimum absolute atomic E-state index is 0.0272. The summed E-state index contributed by atoms with van der Waals surface area (Å²) in [7, 11) is 1.59. The lowest BCUT2D eigenvalue weighted by Crippen LogP contribution is -1.99. The molecule has 0 saturated carbocycles. The number of thiazole rings is 1. The van der Waals surface area contributed by atoms with Gasteiger partial charge in [-0.25, -0.2) is 4.98 Å². The van der Waals surface area contributed by atoms with Gasteiger partial charge >= 0.3 is 0 Å². The van der Waals surface area contributed by atoms with Crippen molar-refractivity contribution in [2.75, 3.05) is 7.11 Å². The molecule has 0 fully saturated rings. The third-order valence-electron chi connectivity index (χ3n) is 2.93. The molecule has 20 heavy (non-hydrogen) atoms. The number of nitrogens with zero attached hydrogens (tertiary/aromatic N) is 2. The van der Waals surface area contributed by atoms with Gasteiger partial charge in [0.15, 0.2) is 16.5 Å². The molecule has 0 aliphatic heterocycles. The highest BCUT2D eigenvalue weighted by atomic mass is 32.1. The van der Waals surface area contributed by atoms with E-state index in [0.29, 0.717) is 18.1 Å². The van der Waals surface area contributed by atoms with Gasteiger partial charge in [-0.1, -0.05) is 6.07 Å². The van der Waals surface area contributed by atoms with Gasteiger partial charge in [0.1, 0.15) is 6.61 Å². The van der Waals surface area contributed by atoms with E-state index in [4.69, 9.17) is 14.6 Å². The van der Waals surface area contributed by atoms with Crippen LogP contribution in [-0.4, -0.2) is 21.6 Å². The van der Waals surface area contributed by atoms with Gasteiger partial charge in [0.25, 0.3) is 0 Å². The Morgan fingerprint density at radius 3 is 3.00 bits per heavy atom. The molecule has 5 nitrogen and oxygen atoms in total. The van der Waals surface area contributed by atoms with Gasteiger partial charge < -0.3 is 14.6 Å². The van der Waals surface area contributed by atoms with E-state index in [1.165, 1.54) is 0 Å².